The average molecular weight is 256 g/mol. The van der Waals surface area contributed by atoms with Crippen molar-refractivity contribution in [2.24, 2.45) is 0 Å². The average Bonchev–Trinajstić information content (AvgIpc) is 2.72. The first-order valence-corrected chi connectivity index (χ1v) is 5.86. The highest BCUT2D eigenvalue weighted by Crippen LogP contribution is 2.32. The summed E-state index contributed by atoms with van der Waals surface area (Å²) in [6.07, 6.45) is 0.859. The molecule has 0 aliphatic carbocycles. The van der Waals surface area contributed by atoms with Gasteiger partial charge in [0.05, 0.1) is 6.61 Å². The Balaban J connectivity index is 2.13. The van der Waals surface area contributed by atoms with Gasteiger partial charge < -0.3 is 15.2 Å². The molecule has 1 aliphatic rings. The van der Waals surface area contributed by atoms with Crippen LogP contribution in [0.1, 0.15) is 18.1 Å². The zero-order valence-electron chi connectivity index (χ0n) is 9.50. The molecule has 1 heterocycles. The molecule has 2 N–H and O–H groups in total. The number of rotatable bonds is 4. The van der Waals surface area contributed by atoms with Crippen LogP contribution in [0.4, 0.5) is 0 Å². The molecule has 0 aromatic heterocycles. The molecule has 0 fully saturated rings. The van der Waals surface area contributed by atoms with Gasteiger partial charge in [0, 0.05) is 23.6 Å². The second kappa shape index (κ2) is 4.94. The van der Waals surface area contributed by atoms with Gasteiger partial charge in [-0.2, -0.15) is 0 Å². The number of carbonyl (C=O) groups is 1. The van der Waals surface area contributed by atoms with Crippen molar-refractivity contribution in [3.05, 3.63) is 28.3 Å². The number of fused-ring (bicyclic) bond motifs is 1. The summed E-state index contributed by atoms with van der Waals surface area (Å²) in [4.78, 5) is 10.7. The molecule has 4 nitrogen and oxygen atoms in total. The van der Waals surface area contributed by atoms with Gasteiger partial charge in [-0.05, 0) is 24.6 Å². The predicted molar refractivity (Wildman–Crippen MR) is 64.6 cm³/mol. The van der Waals surface area contributed by atoms with Crippen molar-refractivity contribution >= 4 is 17.6 Å². The van der Waals surface area contributed by atoms with Crippen molar-refractivity contribution in [3.8, 4) is 5.75 Å². The minimum Gasteiger partial charge on any atom is -0.493 e. The van der Waals surface area contributed by atoms with E-state index in [-0.39, 0.29) is 0 Å². The van der Waals surface area contributed by atoms with Crippen LogP contribution in [-0.4, -0.2) is 23.7 Å². The molecule has 1 aromatic rings. The minimum absolute atomic E-state index is 0.441. The number of ether oxygens (including phenoxy) is 1. The molecule has 92 valence electrons. The van der Waals surface area contributed by atoms with Crippen LogP contribution in [0, 0.1) is 0 Å². The Morgan fingerprint density at radius 2 is 2.41 bits per heavy atom. The summed E-state index contributed by atoms with van der Waals surface area (Å²) in [7, 11) is 0. The number of aliphatic carboxylic acids is 1. The fourth-order valence-corrected chi connectivity index (χ4v) is 2.09. The highest BCUT2D eigenvalue weighted by Gasteiger charge is 2.18. The van der Waals surface area contributed by atoms with Crippen molar-refractivity contribution < 1.29 is 14.6 Å². The van der Waals surface area contributed by atoms with Crippen molar-refractivity contribution in [3.63, 3.8) is 0 Å². The van der Waals surface area contributed by atoms with Gasteiger partial charge in [0.15, 0.2) is 0 Å². The molecule has 1 atom stereocenters. The maximum atomic E-state index is 10.7. The summed E-state index contributed by atoms with van der Waals surface area (Å²) in [5.74, 6) is -0.0240. The molecule has 0 bridgehead atoms. The number of hydrogen-bond donors (Lipinski definition) is 2. The monoisotopic (exact) mass is 255 g/mol. The normalized spacial score (nSPS) is 15.2. The smallest absolute Gasteiger partial charge is 0.320 e. The highest BCUT2D eigenvalue weighted by atomic mass is 35.5. The Morgan fingerprint density at radius 3 is 3.12 bits per heavy atom. The van der Waals surface area contributed by atoms with Crippen molar-refractivity contribution in [1.29, 1.82) is 0 Å². The van der Waals surface area contributed by atoms with E-state index in [1.807, 2.05) is 12.1 Å². The predicted octanol–water partition coefficient (Wildman–Crippen LogP) is 1.84. The van der Waals surface area contributed by atoms with Crippen LogP contribution >= 0.6 is 11.6 Å². The van der Waals surface area contributed by atoms with Gasteiger partial charge >= 0.3 is 5.97 Å². The van der Waals surface area contributed by atoms with Crippen molar-refractivity contribution in [2.75, 3.05) is 6.61 Å². The Morgan fingerprint density at radius 1 is 1.65 bits per heavy atom. The summed E-state index contributed by atoms with van der Waals surface area (Å²) in [5, 5.41) is 12.4. The van der Waals surface area contributed by atoms with Crippen LogP contribution in [-0.2, 0) is 17.8 Å². The van der Waals surface area contributed by atoms with Crippen LogP contribution < -0.4 is 10.1 Å². The third kappa shape index (κ3) is 2.70. The maximum absolute atomic E-state index is 10.7. The Bertz CT molecular complexity index is 448. The summed E-state index contributed by atoms with van der Waals surface area (Å²) < 4.78 is 5.53. The van der Waals surface area contributed by atoms with Crippen molar-refractivity contribution in [2.45, 2.75) is 25.9 Å². The van der Waals surface area contributed by atoms with Crippen molar-refractivity contribution in [1.82, 2.24) is 5.32 Å². The molecule has 0 spiro atoms. The molecule has 1 aliphatic heterocycles. The maximum Gasteiger partial charge on any atom is 0.320 e. The summed E-state index contributed by atoms with van der Waals surface area (Å²) in [6, 6.07) is 3.12. The van der Waals surface area contributed by atoms with Crippen LogP contribution in [0.15, 0.2) is 12.1 Å². The molecule has 0 saturated heterocycles. The fourth-order valence-electron chi connectivity index (χ4n) is 1.83. The topological polar surface area (TPSA) is 58.6 Å². The number of carboxylic acid groups (broad SMARTS) is 1. The third-order valence-electron chi connectivity index (χ3n) is 2.79. The molecule has 5 heteroatoms. The molecule has 0 radical (unpaired) electrons. The third-order valence-corrected chi connectivity index (χ3v) is 3.01. The summed E-state index contributed by atoms with van der Waals surface area (Å²) in [6.45, 7) is 2.71. The lowest BCUT2D eigenvalue weighted by Crippen LogP contribution is -2.33. The van der Waals surface area contributed by atoms with Gasteiger partial charge in [-0.3, -0.25) is 4.79 Å². The molecule has 0 saturated carbocycles. The minimum atomic E-state index is -0.871. The Hall–Kier alpha value is -1.26. The molecular weight excluding hydrogens is 242 g/mol. The van der Waals surface area contributed by atoms with Gasteiger partial charge in [0.25, 0.3) is 0 Å². The van der Waals surface area contributed by atoms with E-state index in [0.717, 1.165) is 23.3 Å². The van der Waals surface area contributed by atoms with Crippen LogP contribution in [0.25, 0.3) is 0 Å². The standard InChI is InChI=1S/C12H14ClNO3/c1-7(12(15)16)14-6-9-5-10(13)4-8-2-3-17-11(8)9/h4-5,7,14H,2-3,6H2,1H3,(H,15,16). The van der Waals surface area contributed by atoms with E-state index in [2.05, 4.69) is 5.32 Å². The lowest BCUT2D eigenvalue weighted by Gasteiger charge is -2.12. The first-order chi connectivity index (χ1) is 8.08. The van der Waals surface area contributed by atoms with E-state index in [1.165, 1.54) is 0 Å². The van der Waals surface area contributed by atoms with Crippen LogP contribution in [0.3, 0.4) is 0 Å². The van der Waals surface area contributed by atoms with Gasteiger partial charge in [0.1, 0.15) is 11.8 Å². The van der Waals surface area contributed by atoms with Gasteiger partial charge in [-0.1, -0.05) is 11.6 Å². The second-order valence-corrected chi connectivity index (χ2v) is 4.53. The lowest BCUT2D eigenvalue weighted by molar-refractivity contribution is -0.139. The lowest BCUT2D eigenvalue weighted by atomic mass is 10.1. The number of carboxylic acids is 1. The summed E-state index contributed by atoms with van der Waals surface area (Å²) >= 11 is 6.01. The SMILES string of the molecule is CC(NCc1cc(Cl)cc2c1OCC2)C(=O)O. The largest absolute Gasteiger partial charge is 0.493 e. The quantitative estimate of drug-likeness (QED) is 0.862. The molecule has 0 amide bonds. The first-order valence-electron chi connectivity index (χ1n) is 5.48. The van der Waals surface area contributed by atoms with Gasteiger partial charge in [-0.15, -0.1) is 0 Å². The van der Waals surface area contributed by atoms with E-state index >= 15 is 0 Å². The first kappa shape index (κ1) is 12.2. The highest BCUT2D eigenvalue weighted by molar-refractivity contribution is 6.30. The molecule has 17 heavy (non-hydrogen) atoms. The zero-order chi connectivity index (χ0) is 12.4. The number of benzene rings is 1. The second-order valence-electron chi connectivity index (χ2n) is 4.09. The molecule has 2 rings (SSSR count). The fraction of sp³-hybridized carbons (Fsp3) is 0.417. The Labute approximate surface area is 105 Å². The number of halogens is 1. The molecule has 1 aromatic carbocycles. The van der Waals surface area contributed by atoms with E-state index in [1.54, 1.807) is 6.92 Å². The molecule has 1 unspecified atom stereocenters. The molecular formula is C12H14ClNO3. The number of nitrogens with one attached hydrogen (secondary N) is 1. The van der Waals surface area contributed by atoms with Gasteiger partial charge in [-0.25, -0.2) is 0 Å². The Kier molecular flexibility index (Phi) is 3.54. The zero-order valence-corrected chi connectivity index (χ0v) is 10.3. The van der Waals surface area contributed by atoms with E-state index in [9.17, 15) is 4.79 Å². The summed E-state index contributed by atoms with van der Waals surface area (Å²) in [5.41, 5.74) is 2.01. The van der Waals surface area contributed by atoms with Crippen LogP contribution in [0.5, 0.6) is 5.75 Å². The van der Waals surface area contributed by atoms with Gasteiger partial charge in [0.2, 0.25) is 0 Å². The van der Waals surface area contributed by atoms with E-state index < -0.39 is 12.0 Å². The van der Waals surface area contributed by atoms with Crippen LogP contribution in [0.2, 0.25) is 5.02 Å². The van der Waals surface area contributed by atoms with E-state index in [0.29, 0.717) is 18.2 Å². The van der Waals surface area contributed by atoms with E-state index in [4.69, 9.17) is 21.4 Å². The number of hydrogen-bond acceptors (Lipinski definition) is 3.